The van der Waals surface area contributed by atoms with E-state index in [2.05, 4.69) is 6.92 Å². The molecule has 3 unspecified atom stereocenters. The molecule has 2 nitrogen and oxygen atoms in total. The quantitative estimate of drug-likeness (QED) is 0.606. The number of ether oxygens (including phenoxy) is 1. The van der Waals surface area contributed by atoms with Gasteiger partial charge in [0, 0.05) is 13.0 Å². The zero-order chi connectivity index (χ0) is 9.19. The number of methoxy groups -OCH3 is 1. The maximum atomic E-state index is 10.7. The van der Waals surface area contributed by atoms with Crippen LogP contribution in [0.1, 0.15) is 33.1 Å². The highest BCUT2D eigenvalue weighted by atomic mass is 16.5. The predicted octanol–water partition coefficient (Wildman–Crippen LogP) is 2.03. The van der Waals surface area contributed by atoms with Gasteiger partial charge in [-0.05, 0) is 18.8 Å². The van der Waals surface area contributed by atoms with Crippen LogP contribution in [0.2, 0.25) is 0 Å². The summed E-state index contributed by atoms with van der Waals surface area (Å²) < 4.78 is 5.53. The van der Waals surface area contributed by atoms with Crippen LogP contribution < -0.4 is 0 Å². The highest BCUT2D eigenvalue weighted by Gasteiger charge is 2.44. The maximum Gasteiger partial charge on any atom is 0.125 e. The number of hydrogen-bond acceptors (Lipinski definition) is 2. The Bertz CT molecular complexity index is 167. The lowest BCUT2D eigenvalue weighted by Crippen LogP contribution is -2.41. The zero-order valence-corrected chi connectivity index (χ0v) is 8.17. The maximum absolute atomic E-state index is 10.7. The Kier molecular flexibility index (Phi) is 2.89. The van der Waals surface area contributed by atoms with Crippen molar-refractivity contribution >= 4 is 6.29 Å². The summed E-state index contributed by atoms with van der Waals surface area (Å²) in [4.78, 5) is 10.7. The molecular formula is C10H18O2. The van der Waals surface area contributed by atoms with Crippen molar-refractivity contribution < 1.29 is 9.53 Å². The van der Waals surface area contributed by atoms with Gasteiger partial charge in [0.1, 0.15) is 6.29 Å². The van der Waals surface area contributed by atoms with Crippen LogP contribution in [0.4, 0.5) is 0 Å². The van der Waals surface area contributed by atoms with E-state index in [9.17, 15) is 4.79 Å². The Balaban J connectivity index is 2.80. The second-order valence-electron chi connectivity index (χ2n) is 3.88. The van der Waals surface area contributed by atoms with Gasteiger partial charge in [-0.15, -0.1) is 0 Å². The van der Waals surface area contributed by atoms with Crippen LogP contribution in [0.3, 0.4) is 0 Å². The Morgan fingerprint density at radius 1 is 1.67 bits per heavy atom. The van der Waals surface area contributed by atoms with Crippen LogP contribution in [0.15, 0.2) is 0 Å². The second-order valence-corrected chi connectivity index (χ2v) is 3.88. The van der Waals surface area contributed by atoms with E-state index in [1.165, 1.54) is 12.8 Å². The highest BCUT2D eigenvalue weighted by molar-refractivity contribution is 5.55. The van der Waals surface area contributed by atoms with Gasteiger partial charge in [0.2, 0.25) is 0 Å². The van der Waals surface area contributed by atoms with E-state index >= 15 is 0 Å². The monoisotopic (exact) mass is 170 g/mol. The topological polar surface area (TPSA) is 26.3 Å². The smallest absolute Gasteiger partial charge is 0.125 e. The average molecular weight is 170 g/mol. The third-order valence-electron chi connectivity index (χ3n) is 3.39. The molecule has 1 fully saturated rings. The van der Waals surface area contributed by atoms with E-state index in [4.69, 9.17) is 4.74 Å². The second kappa shape index (κ2) is 3.56. The molecule has 2 heteroatoms. The molecule has 0 aromatic heterocycles. The van der Waals surface area contributed by atoms with Crippen LogP contribution in [0, 0.1) is 11.8 Å². The first-order valence-electron chi connectivity index (χ1n) is 4.68. The normalized spacial score (nSPS) is 38.1. The first-order chi connectivity index (χ1) is 5.67. The Morgan fingerprint density at radius 2 is 2.33 bits per heavy atom. The highest BCUT2D eigenvalue weighted by Crippen LogP contribution is 2.42. The Morgan fingerprint density at radius 3 is 2.67 bits per heavy atom. The van der Waals surface area contributed by atoms with Gasteiger partial charge in [0.25, 0.3) is 0 Å². The summed E-state index contributed by atoms with van der Waals surface area (Å²) in [6, 6.07) is 0. The van der Waals surface area contributed by atoms with Gasteiger partial charge in [0.15, 0.2) is 0 Å². The molecule has 1 aliphatic rings. The summed E-state index contributed by atoms with van der Waals surface area (Å²) in [5.74, 6) is 0.544. The number of carbonyl (C=O) groups excluding carboxylic acids is 1. The van der Waals surface area contributed by atoms with Crippen molar-refractivity contribution in [2.24, 2.45) is 11.8 Å². The van der Waals surface area contributed by atoms with Crippen molar-refractivity contribution in [2.45, 2.75) is 38.7 Å². The summed E-state index contributed by atoms with van der Waals surface area (Å²) in [6.45, 7) is 4.13. The minimum atomic E-state index is -0.165. The molecule has 0 aromatic rings. The Labute approximate surface area is 74.3 Å². The molecule has 0 aromatic carbocycles. The molecule has 70 valence electrons. The lowest BCUT2D eigenvalue weighted by atomic mass is 9.81. The van der Waals surface area contributed by atoms with Crippen molar-refractivity contribution in [1.29, 1.82) is 0 Å². The molecule has 1 rings (SSSR count). The van der Waals surface area contributed by atoms with E-state index in [1.54, 1.807) is 7.11 Å². The van der Waals surface area contributed by atoms with Crippen LogP contribution >= 0.6 is 0 Å². The van der Waals surface area contributed by atoms with Crippen molar-refractivity contribution in [3.05, 3.63) is 0 Å². The summed E-state index contributed by atoms with van der Waals surface area (Å²) in [5, 5.41) is 0. The van der Waals surface area contributed by atoms with Crippen LogP contribution in [-0.2, 0) is 9.53 Å². The molecule has 0 bridgehead atoms. The van der Waals surface area contributed by atoms with Gasteiger partial charge in [-0.3, -0.25) is 0 Å². The molecule has 0 aliphatic heterocycles. The van der Waals surface area contributed by atoms with Gasteiger partial charge < -0.3 is 9.53 Å². The fourth-order valence-electron chi connectivity index (χ4n) is 2.46. The standard InChI is InChI=1S/C10H18O2/c1-8-5-4-6-10(8,12-3)9(2)7-11/h7-9H,4-6H2,1-3H3. The molecule has 0 heterocycles. The largest absolute Gasteiger partial charge is 0.377 e. The number of hydrogen-bond donors (Lipinski definition) is 0. The van der Waals surface area contributed by atoms with E-state index in [0.717, 1.165) is 12.7 Å². The first kappa shape index (κ1) is 9.72. The van der Waals surface area contributed by atoms with Crippen LogP contribution in [-0.4, -0.2) is 19.0 Å². The predicted molar refractivity (Wildman–Crippen MR) is 48.0 cm³/mol. The van der Waals surface area contributed by atoms with Crippen molar-refractivity contribution in [3.63, 3.8) is 0 Å². The molecular weight excluding hydrogens is 152 g/mol. The van der Waals surface area contributed by atoms with Crippen molar-refractivity contribution in [1.82, 2.24) is 0 Å². The lowest BCUT2D eigenvalue weighted by molar-refractivity contribution is -0.126. The first-order valence-corrected chi connectivity index (χ1v) is 4.68. The number of rotatable bonds is 3. The SMILES string of the molecule is COC1(C(C)C=O)CCCC1C. The molecule has 0 saturated heterocycles. The van der Waals surface area contributed by atoms with E-state index in [1.807, 2.05) is 6.92 Å². The molecule has 1 aliphatic carbocycles. The molecule has 12 heavy (non-hydrogen) atoms. The van der Waals surface area contributed by atoms with Gasteiger partial charge in [-0.25, -0.2) is 0 Å². The molecule has 0 N–H and O–H groups in total. The number of aldehydes is 1. The van der Waals surface area contributed by atoms with Gasteiger partial charge >= 0.3 is 0 Å². The number of carbonyl (C=O) groups is 1. The van der Waals surface area contributed by atoms with Crippen LogP contribution in [0.25, 0.3) is 0 Å². The molecule has 3 atom stereocenters. The third kappa shape index (κ3) is 1.28. The van der Waals surface area contributed by atoms with Crippen molar-refractivity contribution in [3.8, 4) is 0 Å². The molecule has 0 spiro atoms. The summed E-state index contributed by atoms with van der Waals surface area (Å²) >= 11 is 0. The van der Waals surface area contributed by atoms with E-state index < -0.39 is 0 Å². The minimum absolute atomic E-state index is 0.0278. The molecule has 0 radical (unpaired) electrons. The minimum Gasteiger partial charge on any atom is -0.377 e. The molecule has 0 amide bonds. The van der Waals surface area contributed by atoms with E-state index in [-0.39, 0.29) is 11.5 Å². The van der Waals surface area contributed by atoms with Gasteiger partial charge in [0.05, 0.1) is 5.60 Å². The third-order valence-corrected chi connectivity index (χ3v) is 3.39. The van der Waals surface area contributed by atoms with Crippen LogP contribution in [0.5, 0.6) is 0 Å². The average Bonchev–Trinajstić information content (AvgIpc) is 2.46. The Hall–Kier alpha value is -0.370. The van der Waals surface area contributed by atoms with Crippen molar-refractivity contribution in [2.75, 3.05) is 7.11 Å². The summed E-state index contributed by atoms with van der Waals surface area (Å²) in [5.41, 5.74) is -0.165. The summed E-state index contributed by atoms with van der Waals surface area (Å²) in [7, 11) is 1.72. The van der Waals surface area contributed by atoms with E-state index in [0.29, 0.717) is 5.92 Å². The fraction of sp³-hybridized carbons (Fsp3) is 0.900. The fourth-order valence-corrected chi connectivity index (χ4v) is 2.46. The molecule has 1 saturated carbocycles. The van der Waals surface area contributed by atoms with Gasteiger partial charge in [-0.1, -0.05) is 20.3 Å². The van der Waals surface area contributed by atoms with Gasteiger partial charge in [-0.2, -0.15) is 0 Å². The summed E-state index contributed by atoms with van der Waals surface area (Å²) in [6.07, 6.45) is 4.43. The zero-order valence-electron chi connectivity index (χ0n) is 8.17. The lowest BCUT2D eigenvalue weighted by Gasteiger charge is -2.35.